The molecule has 1 fully saturated rings. The molecule has 0 aliphatic carbocycles. The van der Waals surface area contributed by atoms with Crippen LogP contribution >= 0.6 is 0 Å². The third-order valence-corrected chi connectivity index (χ3v) is 6.30. The van der Waals surface area contributed by atoms with Gasteiger partial charge in [-0.1, -0.05) is 36.9 Å². The minimum Gasteiger partial charge on any atom is -0.340 e. The summed E-state index contributed by atoms with van der Waals surface area (Å²) in [5.41, 5.74) is 5.61. The smallest absolute Gasteiger partial charge is 0.130 e. The third kappa shape index (κ3) is 4.58. The molecule has 1 aliphatic heterocycles. The quantitative estimate of drug-likeness (QED) is 0.444. The summed E-state index contributed by atoms with van der Waals surface area (Å²) in [5.74, 6) is 1.57. The molecule has 162 valence electrons. The Kier molecular flexibility index (Phi) is 5.73. The Morgan fingerprint density at radius 1 is 1.06 bits per heavy atom. The van der Waals surface area contributed by atoms with Crippen LogP contribution in [-0.4, -0.2) is 27.9 Å². The van der Waals surface area contributed by atoms with Crippen LogP contribution in [0.5, 0.6) is 0 Å². The second-order valence-corrected chi connectivity index (χ2v) is 8.74. The van der Waals surface area contributed by atoms with E-state index in [0.29, 0.717) is 0 Å². The number of rotatable bonds is 6. The molecule has 5 rings (SSSR count). The van der Waals surface area contributed by atoms with Gasteiger partial charge in [0.2, 0.25) is 0 Å². The van der Waals surface area contributed by atoms with Crippen molar-refractivity contribution in [3.05, 3.63) is 84.8 Å². The van der Waals surface area contributed by atoms with Crippen LogP contribution in [-0.2, 0) is 13.5 Å². The number of pyridine rings is 1. The van der Waals surface area contributed by atoms with Crippen LogP contribution < -0.4 is 10.6 Å². The zero-order valence-corrected chi connectivity index (χ0v) is 18.5. The number of aromatic nitrogens is 3. The van der Waals surface area contributed by atoms with Crippen LogP contribution in [0.3, 0.4) is 0 Å². The Morgan fingerprint density at radius 3 is 2.75 bits per heavy atom. The first-order chi connectivity index (χ1) is 15.6. The molecule has 3 heterocycles. The van der Waals surface area contributed by atoms with Crippen LogP contribution in [0, 0.1) is 5.92 Å². The fraction of sp³-hybridized carbons (Fsp3) is 0.259. The average molecular weight is 424 g/mol. The monoisotopic (exact) mass is 423 g/mol. The lowest BCUT2D eigenvalue weighted by Gasteiger charge is -2.22. The SMILES string of the molecule is C=C(Nc1cc2cc(-c3cnn(C)c3)ccc2cn1)c1cccc(CC2CCNCC2)c1. The Hall–Kier alpha value is -3.44. The fourth-order valence-corrected chi connectivity index (χ4v) is 4.49. The Balaban J connectivity index is 1.33. The van der Waals surface area contributed by atoms with E-state index in [0.717, 1.165) is 64.4 Å². The Labute approximate surface area is 189 Å². The number of nitrogens with one attached hydrogen (secondary N) is 2. The number of piperidine rings is 1. The molecule has 1 saturated heterocycles. The number of anilines is 1. The maximum absolute atomic E-state index is 4.60. The van der Waals surface area contributed by atoms with Crippen molar-refractivity contribution in [1.29, 1.82) is 0 Å². The molecule has 1 aliphatic rings. The molecule has 0 spiro atoms. The minimum absolute atomic E-state index is 0.767. The normalized spacial score (nSPS) is 14.5. The van der Waals surface area contributed by atoms with Crippen molar-refractivity contribution in [2.75, 3.05) is 18.4 Å². The molecule has 32 heavy (non-hydrogen) atoms. The lowest BCUT2D eigenvalue weighted by Crippen LogP contribution is -2.28. The number of nitrogens with zero attached hydrogens (tertiary/aromatic N) is 3. The van der Waals surface area contributed by atoms with Gasteiger partial charge in [0.25, 0.3) is 0 Å². The van der Waals surface area contributed by atoms with Gasteiger partial charge in [-0.05, 0) is 78.5 Å². The first-order valence-electron chi connectivity index (χ1n) is 11.3. The van der Waals surface area contributed by atoms with Crippen molar-refractivity contribution < 1.29 is 0 Å². The van der Waals surface area contributed by atoms with Gasteiger partial charge in [0.15, 0.2) is 0 Å². The van der Waals surface area contributed by atoms with Crippen LogP contribution in [0.4, 0.5) is 5.82 Å². The van der Waals surface area contributed by atoms with E-state index >= 15 is 0 Å². The fourth-order valence-electron chi connectivity index (χ4n) is 4.49. The summed E-state index contributed by atoms with van der Waals surface area (Å²) in [6.45, 7) is 6.55. The van der Waals surface area contributed by atoms with Gasteiger partial charge in [-0.25, -0.2) is 4.98 Å². The average Bonchev–Trinajstić information content (AvgIpc) is 3.26. The molecule has 0 radical (unpaired) electrons. The summed E-state index contributed by atoms with van der Waals surface area (Å²) >= 11 is 0. The largest absolute Gasteiger partial charge is 0.340 e. The molecule has 0 unspecified atom stereocenters. The summed E-state index contributed by atoms with van der Waals surface area (Å²) in [6.07, 6.45) is 9.47. The van der Waals surface area contributed by atoms with Crippen LogP contribution in [0.1, 0.15) is 24.0 Å². The van der Waals surface area contributed by atoms with E-state index in [1.165, 1.54) is 18.4 Å². The summed E-state index contributed by atoms with van der Waals surface area (Å²) in [5, 5.41) is 13.4. The van der Waals surface area contributed by atoms with E-state index < -0.39 is 0 Å². The molecule has 0 amide bonds. The first kappa shape index (κ1) is 20.5. The number of aryl methyl sites for hydroxylation is 1. The van der Waals surface area contributed by atoms with Crippen molar-refractivity contribution >= 4 is 22.3 Å². The van der Waals surface area contributed by atoms with Crippen molar-refractivity contribution in [3.63, 3.8) is 0 Å². The number of benzene rings is 2. The Morgan fingerprint density at radius 2 is 1.94 bits per heavy atom. The van der Waals surface area contributed by atoms with Crippen LogP contribution in [0.15, 0.2) is 73.7 Å². The molecule has 5 nitrogen and oxygen atoms in total. The Bertz CT molecular complexity index is 1250. The van der Waals surface area contributed by atoms with E-state index in [9.17, 15) is 0 Å². The highest BCUT2D eigenvalue weighted by molar-refractivity contribution is 5.89. The summed E-state index contributed by atoms with van der Waals surface area (Å²) in [6, 6.07) is 17.2. The second-order valence-electron chi connectivity index (χ2n) is 8.74. The molecule has 2 aromatic carbocycles. The topological polar surface area (TPSA) is 54.8 Å². The van der Waals surface area contributed by atoms with E-state index in [4.69, 9.17) is 0 Å². The zero-order chi connectivity index (χ0) is 21.9. The summed E-state index contributed by atoms with van der Waals surface area (Å²) in [4.78, 5) is 4.60. The highest BCUT2D eigenvalue weighted by atomic mass is 15.2. The number of hydrogen-bond acceptors (Lipinski definition) is 4. The summed E-state index contributed by atoms with van der Waals surface area (Å²) < 4.78 is 1.82. The maximum Gasteiger partial charge on any atom is 0.130 e. The molecule has 0 saturated carbocycles. The molecular formula is C27H29N5. The highest BCUT2D eigenvalue weighted by Gasteiger charge is 2.14. The molecule has 4 aromatic rings. The molecule has 0 atom stereocenters. The van der Waals surface area contributed by atoms with E-state index in [2.05, 4.69) is 75.8 Å². The van der Waals surface area contributed by atoms with E-state index in [1.807, 2.05) is 30.3 Å². The van der Waals surface area contributed by atoms with Gasteiger partial charge < -0.3 is 10.6 Å². The minimum atomic E-state index is 0.767. The molecule has 2 N–H and O–H groups in total. The van der Waals surface area contributed by atoms with Gasteiger partial charge in [0.1, 0.15) is 5.82 Å². The number of hydrogen-bond donors (Lipinski definition) is 2. The molecule has 5 heteroatoms. The van der Waals surface area contributed by atoms with Gasteiger partial charge in [0, 0.05) is 36.1 Å². The standard InChI is InChI=1S/C27H29N5/c1-19(22-5-3-4-21(13-22)12-20-8-10-28-11-9-20)31-27-15-25-14-23(6-7-24(25)16-29-27)26-17-30-32(2)18-26/h3-7,13-18,20,28H,1,8-12H2,2H3,(H,29,31). The van der Waals surface area contributed by atoms with Gasteiger partial charge in [-0.15, -0.1) is 0 Å². The van der Waals surface area contributed by atoms with Gasteiger partial charge in [-0.2, -0.15) is 5.10 Å². The van der Waals surface area contributed by atoms with Gasteiger partial charge in [0.05, 0.1) is 6.20 Å². The zero-order valence-electron chi connectivity index (χ0n) is 18.5. The predicted molar refractivity (Wildman–Crippen MR) is 132 cm³/mol. The van der Waals surface area contributed by atoms with Crippen LogP contribution in [0.2, 0.25) is 0 Å². The van der Waals surface area contributed by atoms with Crippen molar-refractivity contribution in [3.8, 4) is 11.1 Å². The van der Waals surface area contributed by atoms with E-state index in [1.54, 1.807) is 0 Å². The lowest BCUT2D eigenvalue weighted by molar-refractivity contribution is 0.372. The van der Waals surface area contributed by atoms with Crippen molar-refractivity contribution in [2.45, 2.75) is 19.3 Å². The predicted octanol–water partition coefficient (Wildman–Crippen LogP) is 5.26. The van der Waals surface area contributed by atoms with Gasteiger partial charge >= 0.3 is 0 Å². The van der Waals surface area contributed by atoms with Crippen molar-refractivity contribution in [2.24, 2.45) is 13.0 Å². The summed E-state index contributed by atoms with van der Waals surface area (Å²) in [7, 11) is 1.93. The highest BCUT2D eigenvalue weighted by Crippen LogP contribution is 2.27. The molecule has 0 bridgehead atoms. The number of fused-ring (bicyclic) bond motifs is 1. The molecule has 2 aromatic heterocycles. The second kappa shape index (κ2) is 8.97. The third-order valence-electron chi connectivity index (χ3n) is 6.30. The maximum atomic E-state index is 4.60. The van der Waals surface area contributed by atoms with Crippen LogP contribution in [0.25, 0.3) is 27.6 Å². The van der Waals surface area contributed by atoms with E-state index in [-0.39, 0.29) is 0 Å². The van der Waals surface area contributed by atoms with Crippen molar-refractivity contribution in [1.82, 2.24) is 20.1 Å². The molecular weight excluding hydrogens is 394 g/mol. The van der Waals surface area contributed by atoms with Gasteiger partial charge in [-0.3, -0.25) is 4.68 Å². The first-order valence-corrected chi connectivity index (χ1v) is 11.3. The lowest BCUT2D eigenvalue weighted by atomic mass is 9.90.